The Morgan fingerprint density at radius 2 is 1.30 bits per heavy atom. The number of rotatable bonds is 3. The van der Waals surface area contributed by atoms with Gasteiger partial charge in [0, 0.05) is 16.3 Å². The lowest BCUT2D eigenvalue weighted by molar-refractivity contribution is 0.527. The Bertz CT molecular complexity index is 2140. The largest absolute Gasteiger partial charge is 0.246 e. The van der Waals surface area contributed by atoms with E-state index in [-0.39, 0.29) is 10.8 Å². The van der Waals surface area contributed by atoms with Gasteiger partial charge in [0.1, 0.15) is 0 Å². The maximum atomic E-state index is 5.32. The number of aromatic nitrogens is 2. The van der Waals surface area contributed by atoms with Gasteiger partial charge in [0.2, 0.25) is 0 Å². The van der Waals surface area contributed by atoms with Gasteiger partial charge in [-0.2, -0.15) is 0 Å². The van der Waals surface area contributed by atoms with Crippen molar-refractivity contribution in [3.63, 3.8) is 0 Å². The highest BCUT2D eigenvalue weighted by molar-refractivity contribution is 6.04. The van der Waals surface area contributed by atoms with Gasteiger partial charge in [-0.25, -0.2) is 9.97 Å². The van der Waals surface area contributed by atoms with E-state index in [1.807, 2.05) is 0 Å². The van der Waals surface area contributed by atoms with Crippen LogP contribution in [0.1, 0.15) is 76.3 Å². The first-order valence-corrected chi connectivity index (χ1v) is 16.5. The molecule has 7 rings (SSSR count). The molecule has 0 N–H and O–H groups in total. The third-order valence-electron chi connectivity index (χ3n) is 9.60. The summed E-state index contributed by atoms with van der Waals surface area (Å²) in [6.45, 7) is 13.8. The maximum absolute atomic E-state index is 5.32. The van der Waals surface area contributed by atoms with E-state index in [2.05, 4.69) is 169 Å². The van der Waals surface area contributed by atoms with Crippen LogP contribution in [0.3, 0.4) is 0 Å². The lowest BCUT2D eigenvalue weighted by atomic mass is 9.77. The van der Waals surface area contributed by atoms with Gasteiger partial charge < -0.3 is 0 Å². The van der Waals surface area contributed by atoms with Crippen LogP contribution in [0.15, 0.2) is 127 Å². The molecule has 0 spiro atoms. The molecule has 1 atom stereocenters. The zero-order valence-corrected chi connectivity index (χ0v) is 27.8. The minimum Gasteiger partial charge on any atom is -0.246 e. The molecule has 0 radical (unpaired) electrons. The van der Waals surface area contributed by atoms with Gasteiger partial charge in [-0.05, 0) is 74.8 Å². The summed E-state index contributed by atoms with van der Waals surface area (Å²) < 4.78 is 0. The molecule has 2 nitrogen and oxygen atoms in total. The fourth-order valence-electron chi connectivity index (χ4n) is 6.88. The molecule has 0 amide bonds. The zero-order valence-electron chi connectivity index (χ0n) is 27.8. The van der Waals surface area contributed by atoms with Crippen LogP contribution in [-0.2, 0) is 10.8 Å². The summed E-state index contributed by atoms with van der Waals surface area (Å²) in [6, 6.07) is 39.4. The van der Waals surface area contributed by atoms with Crippen LogP contribution in [0.25, 0.3) is 49.8 Å². The molecule has 2 heteroatoms. The normalized spacial score (nSPS) is 18.2. The Balaban J connectivity index is 1.33. The smallest absolute Gasteiger partial charge is 0.0972 e. The van der Waals surface area contributed by atoms with Gasteiger partial charge in [0.15, 0.2) is 0 Å². The van der Waals surface area contributed by atoms with E-state index < -0.39 is 0 Å². The molecule has 0 bridgehead atoms. The van der Waals surface area contributed by atoms with Gasteiger partial charge in [0.25, 0.3) is 0 Å². The molecule has 46 heavy (non-hydrogen) atoms. The standard InChI is InChI=1S/C44H42N2/c1-29-16-17-31(26-27-44(5,6)37-15-11-10-14-35(29)37)39-24-21-32-18-19-33-22-25-40(46-42(33)41(32)45-39)34-20-23-36(30-12-8-7-9-13-30)38(28-34)43(2,3)4/h7-26,28-29H,27H2,1-6H3/b17-16-,31-26+. The highest BCUT2D eigenvalue weighted by Crippen LogP contribution is 2.39. The molecule has 228 valence electrons. The molecule has 0 saturated heterocycles. The number of fused-ring (bicyclic) bond motifs is 4. The van der Waals surface area contributed by atoms with Gasteiger partial charge in [-0.1, -0.05) is 151 Å². The predicted octanol–water partition coefficient (Wildman–Crippen LogP) is 11.8. The number of hydrogen-bond donors (Lipinski definition) is 0. The van der Waals surface area contributed by atoms with Crippen molar-refractivity contribution < 1.29 is 0 Å². The number of pyridine rings is 2. The number of hydrogen-bond acceptors (Lipinski definition) is 2. The molecule has 6 aromatic rings. The van der Waals surface area contributed by atoms with E-state index in [1.54, 1.807) is 0 Å². The summed E-state index contributed by atoms with van der Waals surface area (Å²) in [4.78, 5) is 10.6. The van der Waals surface area contributed by atoms with E-state index in [4.69, 9.17) is 9.97 Å². The predicted molar refractivity (Wildman–Crippen MR) is 196 cm³/mol. The van der Waals surface area contributed by atoms with Crippen molar-refractivity contribution in [3.05, 3.63) is 150 Å². The second-order valence-corrected chi connectivity index (χ2v) is 14.5. The van der Waals surface area contributed by atoms with Crippen molar-refractivity contribution in [2.24, 2.45) is 0 Å². The molecule has 0 aliphatic heterocycles. The molecule has 1 aliphatic rings. The van der Waals surface area contributed by atoms with Crippen LogP contribution in [0.2, 0.25) is 0 Å². The first-order chi connectivity index (χ1) is 22.1. The van der Waals surface area contributed by atoms with Crippen molar-refractivity contribution in [2.75, 3.05) is 0 Å². The van der Waals surface area contributed by atoms with Crippen LogP contribution in [0, 0.1) is 0 Å². The average molecular weight is 599 g/mol. The Morgan fingerprint density at radius 1 is 0.674 bits per heavy atom. The number of allylic oxidation sites excluding steroid dienone is 4. The summed E-state index contributed by atoms with van der Waals surface area (Å²) >= 11 is 0. The minimum absolute atomic E-state index is 0.0179. The Labute approximate surface area is 273 Å². The van der Waals surface area contributed by atoms with Crippen molar-refractivity contribution in [3.8, 4) is 22.4 Å². The molecular weight excluding hydrogens is 556 g/mol. The topological polar surface area (TPSA) is 25.8 Å². The zero-order chi connectivity index (χ0) is 32.1. The third-order valence-corrected chi connectivity index (χ3v) is 9.60. The van der Waals surface area contributed by atoms with Crippen LogP contribution in [-0.4, -0.2) is 9.97 Å². The lowest BCUT2D eigenvalue weighted by Crippen LogP contribution is -2.18. The fraction of sp³-hybridized carbons (Fsp3) is 0.227. The second-order valence-electron chi connectivity index (χ2n) is 14.5. The van der Waals surface area contributed by atoms with Gasteiger partial charge in [0.05, 0.1) is 22.4 Å². The molecule has 4 aromatic carbocycles. The minimum atomic E-state index is -0.0215. The van der Waals surface area contributed by atoms with Crippen molar-refractivity contribution in [2.45, 2.75) is 64.7 Å². The lowest BCUT2D eigenvalue weighted by Gasteiger charge is -2.28. The third kappa shape index (κ3) is 5.58. The molecule has 2 aromatic heterocycles. The van der Waals surface area contributed by atoms with Gasteiger partial charge >= 0.3 is 0 Å². The fourth-order valence-corrected chi connectivity index (χ4v) is 6.88. The first kappa shape index (κ1) is 29.9. The summed E-state index contributed by atoms with van der Waals surface area (Å²) in [5.41, 5.74) is 12.8. The number of nitrogens with zero attached hydrogens (tertiary/aromatic N) is 2. The summed E-state index contributed by atoms with van der Waals surface area (Å²) in [5.74, 6) is 0.314. The van der Waals surface area contributed by atoms with E-state index in [9.17, 15) is 0 Å². The van der Waals surface area contributed by atoms with Crippen LogP contribution < -0.4 is 0 Å². The Morgan fingerprint density at radius 3 is 2.02 bits per heavy atom. The van der Waals surface area contributed by atoms with E-state index in [1.165, 1.54) is 27.8 Å². The van der Waals surface area contributed by atoms with E-state index in [0.29, 0.717) is 5.92 Å². The second kappa shape index (κ2) is 11.5. The molecule has 0 saturated carbocycles. The molecule has 1 unspecified atom stereocenters. The monoisotopic (exact) mass is 598 g/mol. The molecule has 0 fully saturated rings. The maximum Gasteiger partial charge on any atom is 0.0972 e. The average Bonchev–Trinajstić information content (AvgIpc) is 3.11. The SMILES string of the molecule is CC1/C=C\C(c2ccc3ccc4ccc(-c5ccc(-c6ccccc6)c(C(C)(C)C)c5)nc4c3n2)=C/CC(C)(C)c2ccccc21. The quantitative estimate of drug-likeness (QED) is 0.189. The molecule has 1 aliphatic carbocycles. The Hall–Kier alpha value is -4.82. The molecular formula is C44H42N2. The highest BCUT2D eigenvalue weighted by Gasteiger charge is 2.25. The summed E-state index contributed by atoms with van der Waals surface area (Å²) in [6.07, 6.45) is 7.89. The summed E-state index contributed by atoms with van der Waals surface area (Å²) in [5, 5.41) is 2.20. The van der Waals surface area contributed by atoms with Crippen molar-refractivity contribution in [1.82, 2.24) is 9.97 Å². The van der Waals surface area contributed by atoms with Gasteiger partial charge in [-0.15, -0.1) is 0 Å². The highest BCUT2D eigenvalue weighted by atomic mass is 14.8. The van der Waals surface area contributed by atoms with Crippen molar-refractivity contribution >= 4 is 27.4 Å². The van der Waals surface area contributed by atoms with Gasteiger partial charge in [-0.3, -0.25) is 0 Å². The van der Waals surface area contributed by atoms with Crippen LogP contribution in [0.5, 0.6) is 0 Å². The Kier molecular flexibility index (Phi) is 7.48. The van der Waals surface area contributed by atoms with E-state index >= 15 is 0 Å². The molecule has 2 heterocycles. The number of benzene rings is 4. The van der Waals surface area contributed by atoms with E-state index in [0.717, 1.165) is 50.8 Å². The first-order valence-electron chi connectivity index (χ1n) is 16.5. The summed E-state index contributed by atoms with van der Waals surface area (Å²) in [7, 11) is 0. The van der Waals surface area contributed by atoms with Crippen LogP contribution in [0.4, 0.5) is 0 Å². The van der Waals surface area contributed by atoms with Crippen LogP contribution >= 0.6 is 0 Å². The van der Waals surface area contributed by atoms with Crippen molar-refractivity contribution in [1.29, 1.82) is 0 Å².